The van der Waals surface area contributed by atoms with Gasteiger partial charge in [-0.15, -0.1) is 0 Å². The van der Waals surface area contributed by atoms with E-state index in [2.05, 4.69) is 0 Å². The molecule has 4 heteroatoms. The summed E-state index contributed by atoms with van der Waals surface area (Å²) in [5.41, 5.74) is 0. The van der Waals surface area contributed by atoms with Gasteiger partial charge in [-0.3, -0.25) is 9.83 Å². The summed E-state index contributed by atoms with van der Waals surface area (Å²) < 4.78 is 1.47. The third kappa shape index (κ3) is 1.29. The van der Waals surface area contributed by atoms with E-state index < -0.39 is 0 Å². The molecule has 1 rings (SSSR count). The van der Waals surface area contributed by atoms with Crippen LogP contribution in [0.1, 0.15) is 0 Å². The van der Waals surface area contributed by atoms with Crippen molar-refractivity contribution in [3.63, 3.8) is 0 Å². The largest absolute Gasteiger partial charge is 0.287 e. The first kappa shape index (κ1) is 6.23. The molecule has 1 N–H and O–H groups in total. The Morgan fingerprint density at radius 3 is 2.88 bits per heavy atom. The quantitative estimate of drug-likeness (QED) is 0.525. The summed E-state index contributed by atoms with van der Waals surface area (Å²) in [7, 11) is 0. The van der Waals surface area contributed by atoms with Crippen LogP contribution in [0.5, 0.6) is 0 Å². The summed E-state index contributed by atoms with van der Waals surface area (Å²) >= 11 is 7.32. The molecule has 1 aliphatic rings. The molecular weight excluding hydrogens is 144 g/mol. The number of amidine groups is 1. The third-order valence-electron chi connectivity index (χ3n) is 0.964. The molecule has 0 atom stereocenters. The van der Waals surface area contributed by atoms with Crippen LogP contribution < -0.4 is 0 Å². The molecule has 1 heterocycles. The maximum absolute atomic E-state index is 7.17. The summed E-state index contributed by atoms with van der Waals surface area (Å²) in [6.45, 7) is 0.811. The van der Waals surface area contributed by atoms with Crippen LogP contribution in [0, 0.1) is 5.41 Å². The Balaban J connectivity index is 2.39. The lowest BCUT2D eigenvalue weighted by molar-refractivity contribution is 0.685. The second-order valence-corrected chi connectivity index (χ2v) is 3.10. The fourth-order valence-corrected chi connectivity index (χ4v) is 1.64. The Morgan fingerprint density at radius 1 is 1.75 bits per heavy atom. The summed E-state index contributed by atoms with van der Waals surface area (Å²) in [6.07, 6.45) is 0. The van der Waals surface area contributed by atoms with Crippen LogP contribution in [0.15, 0.2) is 0 Å². The summed E-state index contributed by atoms with van der Waals surface area (Å²) in [5.74, 6) is 2.35. The monoisotopic (exact) mass is 150 g/mol. The summed E-state index contributed by atoms with van der Waals surface area (Å²) in [6, 6.07) is 0. The van der Waals surface area contributed by atoms with Crippen molar-refractivity contribution in [3.05, 3.63) is 0 Å². The second-order valence-electron chi connectivity index (χ2n) is 1.59. The van der Waals surface area contributed by atoms with Gasteiger partial charge in [0.15, 0.2) is 0 Å². The number of rotatable bonds is 0. The van der Waals surface area contributed by atoms with Crippen molar-refractivity contribution in [3.8, 4) is 0 Å². The second kappa shape index (κ2) is 2.60. The van der Waals surface area contributed by atoms with Crippen LogP contribution in [0.4, 0.5) is 0 Å². The molecule has 0 aromatic rings. The van der Waals surface area contributed by atoms with Crippen molar-refractivity contribution in [2.45, 2.75) is 0 Å². The molecule has 1 aliphatic heterocycles. The number of nitrogens with zero attached hydrogens (tertiary/aromatic N) is 1. The van der Waals surface area contributed by atoms with Crippen molar-refractivity contribution < 1.29 is 0 Å². The fraction of sp³-hybridized carbons (Fsp3) is 0.750. The topological polar surface area (TPSA) is 27.1 Å². The molecule has 0 aromatic heterocycles. The van der Waals surface area contributed by atoms with Gasteiger partial charge in [0, 0.05) is 24.1 Å². The third-order valence-corrected chi connectivity index (χ3v) is 2.29. The van der Waals surface area contributed by atoms with E-state index in [9.17, 15) is 0 Å². The molecule has 2 nitrogen and oxygen atoms in total. The zero-order valence-corrected chi connectivity index (χ0v) is 5.93. The minimum absolute atomic E-state index is 0.530. The minimum atomic E-state index is 0.530. The van der Waals surface area contributed by atoms with E-state index in [1.54, 1.807) is 11.8 Å². The van der Waals surface area contributed by atoms with Crippen molar-refractivity contribution in [2.24, 2.45) is 0 Å². The highest BCUT2D eigenvalue weighted by atomic mass is 35.5. The molecule has 0 amide bonds. The first-order valence-corrected chi connectivity index (χ1v) is 3.88. The molecule has 8 heavy (non-hydrogen) atoms. The molecule has 46 valence electrons. The van der Waals surface area contributed by atoms with Gasteiger partial charge in [-0.2, -0.15) is 11.8 Å². The van der Waals surface area contributed by atoms with Gasteiger partial charge in [0.2, 0.25) is 0 Å². The van der Waals surface area contributed by atoms with Crippen molar-refractivity contribution in [2.75, 3.05) is 18.1 Å². The first-order chi connectivity index (χ1) is 3.80. The highest BCUT2D eigenvalue weighted by Crippen LogP contribution is 2.11. The highest BCUT2D eigenvalue weighted by molar-refractivity contribution is 8.00. The van der Waals surface area contributed by atoms with Crippen molar-refractivity contribution in [1.29, 1.82) is 5.41 Å². The lowest BCUT2D eigenvalue weighted by Crippen LogP contribution is -2.29. The van der Waals surface area contributed by atoms with E-state index in [1.165, 1.54) is 4.42 Å². The Labute approximate surface area is 57.8 Å². The number of thioether (sulfide) groups is 1. The molecule has 0 aliphatic carbocycles. The average Bonchev–Trinajstić information content (AvgIpc) is 1.77. The Hall–Kier alpha value is 0.110. The van der Waals surface area contributed by atoms with E-state index >= 15 is 0 Å². The van der Waals surface area contributed by atoms with E-state index in [4.69, 9.17) is 17.2 Å². The van der Waals surface area contributed by atoms with Gasteiger partial charge < -0.3 is 0 Å². The van der Waals surface area contributed by atoms with Gasteiger partial charge in [-0.1, -0.05) is 0 Å². The zero-order chi connectivity index (χ0) is 5.98. The Kier molecular flexibility index (Phi) is 2.02. The van der Waals surface area contributed by atoms with Crippen LogP contribution in [0.2, 0.25) is 0 Å². The number of halogens is 1. The number of nitrogens with one attached hydrogen (secondary N) is 1. The van der Waals surface area contributed by atoms with Crippen LogP contribution in [0.25, 0.3) is 0 Å². The number of hydrogen-bond acceptors (Lipinski definition) is 2. The van der Waals surface area contributed by atoms with E-state index in [0.29, 0.717) is 5.84 Å². The predicted octanol–water partition coefficient (Wildman–Crippen LogP) is 1.17. The molecule has 0 saturated carbocycles. The van der Waals surface area contributed by atoms with Crippen LogP contribution >= 0.6 is 23.5 Å². The molecule has 0 radical (unpaired) electrons. The highest BCUT2D eigenvalue weighted by Gasteiger charge is 2.11. The molecule has 1 saturated heterocycles. The van der Waals surface area contributed by atoms with Crippen molar-refractivity contribution >= 4 is 29.4 Å². The van der Waals surface area contributed by atoms with Gasteiger partial charge in [-0.25, -0.2) is 0 Å². The molecule has 0 spiro atoms. The SMILES string of the molecule is N=C1CSCCN1Cl. The lowest BCUT2D eigenvalue weighted by atomic mass is 10.6. The van der Waals surface area contributed by atoms with Crippen LogP contribution in [0.3, 0.4) is 0 Å². The van der Waals surface area contributed by atoms with Gasteiger partial charge in [0.1, 0.15) is 5.84 Å². The van der Waals surface area contributed by atoms with Gasteiger partial charge in [0.25, 0.3) is 0 Å². The molecular formula is C4H7ClN2S. The van der Waals surface area contributed by atoms with Gasteiger partial charge in [-0.05, 0) is 0 Å². The van der Waals surface area contributed by atoms with Crippen LogP contribution in [-0.4, -0.2) is 28.3 Å². The smallest absolute Gasteiger partial charge is 0.121 e. The lowest BCUT2D eigenvalue weighted by Gasteiger charge is -2.20. The summed E-state index contributed by atoms with van der Waals surface area (Å²) in [4.78, 5) is 0. The molecule has 0 bridgehead atoms. The number of hydrogen-bond donors (Lipinski definition) is 1. The Morgan fingerprint density at radius 2 is 2.50 bits per heavy atom. The summed E-state index contributed by atoms with van der Waals surface area (Å²) in [5, 5.41) is 7.17. The minimum Gasteiger partial charge on any atom is -0.287 e. The maximum Gasteiger partial charge on any atom is 0.121 e. The average molecular weight is 151 g/mol. The standard InChI is InChI=1S/C4H7ClN2S/c5-7-1-2-8-3-4(7)6/h6H,1-3H2. The Bertz CT molecular complexity index is 106. The zero-order valence-electron chi connectivity index (χ0n) is 4.35. The fourth-order valence-electron chi connectivity index (χ4n) is 0.519. The van der Waals surface area contributed by atoms with Gasteiger partial charge >= 0.3 is 0 Å². The van der Waals surface area contributed by atoms with Crippen LogP contribution in [-0.2, 0) is 0 Å². The van der Waals surface area contributed by atoms with Gasteiger partial charge in [0.05, 0.1) is 5.75 Å². The predicted molar refractivity (Wildman–Crippen MR) is 37.6 cm³/mol. The molecule has 1 fully saturated rings. The van der Waals surface area contributed by atoms with E-state index in [1.807, 2.05) is 0 Å². The molecule has 0 unspecified atom stereocenters. The van der Waals surface area contributed by atoms with E-state index in [0.717, 1.165) is 18.1 Å². The maximum atomic E-state index is 7.17. The van der Waals surface area contributed by atoms with Crippen molar-refractivity contribution in [1.82, 2.24) is 4.42 Å². The normalized spacial score (nSPS) is 21.6. The van der Waals surface area contributed by atoms with E-state index in [-0.39, 0.29) is 0 Å². The first-order valence-electron chi connectivity index (χ1n) is 2.39. The molecule has 0 aromatic carbocycles.